The van der Waals surface area contributed by atoms with Crippen LogP contribution in [-0.4, -0.2) is 50.2 Å². The molecule has 0 amide bonds. The van der Waals surface area contributed by atoms with E-state index in [1.807, 2.05) is 21.1 Å². The molecule has 0 aromatic rings. The number of carboxylic acid groups (broad SMARTS) is 1. The predicted octanol–water partition coefficient (Wildman–Crippen LogP) is 7.59. The van der Waals surface area contributed by atoms with E-state index in [-0.39, 0.29) is 12.4 Å². The molecule has 220 valence electrons. The largest absolute Gasteiger partial charge is 0.550 e. The molecule has 0 spiro atoms. The molecule has 0 aliphatic rings. The van der Waals surface area contributed by atoms with Gasteiger partial charge in [-0.3, -0.25) is 4.79 Å². The standard InChI is InChI=1S/C32H63NO4/c1-6-7-8-21-24-29(2)25-22-19-17-15-13-11-9-10-12-14-16-18-20-23-26-32(36)37-30(27-31(34)35)28-33(3,4)5/h29-30H,6-28H2,1-5H3. The van der Waals surface area contributed by atoms with Gasteiger partial charge in [-0.05, 0) is 12.3 Å². The first-order valence-electron chi connectivity index (χ1n) is 15.8. The second-order valence-electron chi connectivity index (χ2n) is 12.6. The third-order valence-electron chi connectivity index (χ3n) is 7.32. The molecule has 2 unspecified atom stereocenters. The third kappa shape index (κ3) is 27.7. The Morgan fingerprint density at radius 1 is 0.676 bits per heavy atom. The molecule has 0 saturated carbocycles. The van der Waals surface area contributed by atoms with Gasteiger partial charge >= 0.3 is 5.97 Å². The van der Waals surface area contributed by atoms with Crippen LogP contribution >= 0.6 is 0 Å². The van der Waals surface area contributed by atoms with Crippen LogP contribution in [-0.2, 0) is 14.3 Å². The van der Waals surface area contributed by atoms with Crippen molar-refractivity contribution in [3.05, 3.63) is 0 Å². The summed E-state index contributed by atoms with van der Waals surface area (Å²) in [5.74, 6) is -0.533. The average molecular weight is 526 g/mol. The number of hydrogen-bond donors (Lipinski definition) is 0. The molecule has 0 saturated heterocycles. The smallest absolute Gasteiger partial charge is 0.306 e. The number of carbonyl (C=O) groups is 2. The summed E-state index contributed by atoms with van der Waals surface area (Å²) in [4.78, 5) is 23.0. The molecule has 0 aromatic heterocycles. The molecule has 0 bridgehead atoms. The number of nitrogens with zero attached hydrogens (tertiary/aromatic N) is 1. The van der Waals surface area contributed by atoms with Gasteiger partial charge in [0.05, 0.1) is 21.1 Å². The van der Waals surface area contributed by atoms with Crippen LogP contribution in [0.2, 0.25) is 0 Å². The van der Waals surface area contributed by atoms with Crippen molar-refractivity contribution in [2.45, 2.75) is 161 Å². The van der Waals surface area contributed by atoms with Crippen molar-refractivity contribution in [1.82, 2.24) is 0 Å². The summed E-state index contributed by atoms with van der Waals surface area (Å²) in [5, 5.41) is 10.9. The summed E-state index contributed by atoms with van der Waals surface area (Å²) in [5.41, 5.74) is 0. The van der Waals surface area contributed by atoms with Crippen LogP contribution in [0.4, 0.5) is 0 Å². The quantitative estimate of drug-likeness (QED) is 0.0629. The number of likely N-dealkylation sites (N-methyl/N-ethyl adjacent to an activating group) is 1. The molecule has 0 rings (SSSR count). The monoisotopic (exact) mass is 525 g/mol. The number of hydrogen-bond acceptors (Lipinski definition) is 4. The first kappa shape index (κ1) is 35.9. The number of unbranched alkanes of at least 4 members (excludes halogenated alkanes) is 16. The minimum atomic E-state index is -1.17. The maximum absolute atomic E-state index is 12.1. The van der Waals surface area contributed by atoms with Gasteiger partial charge in [-0.15, -0.1) is 0 Å². The van der Waals surface area contributed by atoms with Crippen molar-refractivity contribution >= 4 is 11.9 Å². The van der Waals surface area contributed by atoms with E-state index in [4.69, 9.17) is 4.74 Å². The fraction of sp³-hybridized carbons (Fsp3) is 0.938. The second kappa shape index (κ2) is 24.0. The Bertz CT molecular complexity index is 543. The van der Waals surface area contributed by atoms with Crippen LogP contribution < -0.4 is 5.11 Å². The molecule has 37 heavy (non-hydrogen) atoms. The van der Waals surface area contributed by atoms with E-state index in [9.17, 15) is 14.7 Å². The van der Waals surface area contributed by atoms with Crippen molar-refractivity contribution in [3.8, 4) is 0 Å². The highest BCUT2D eigenvalue weighted by Crippen LogP contribution is 2.19. The van der Waals surface area contributed by atoms with E-state index in [2.05, 4.69) is 13.8 Å². The molecular weight excluding hydrogens is 462 g/mol. The van der Waals surface area contributed by atoms with Gasteiger partial charge < -0.3 is 19.1 Å². The molecule has 0 radical (unpaired) electrons. The fourth-order valence-corrected chi connectivity index (χ4v) is 5.13. The summed E-state index contributed by atoms with van der Waals surface area (Å²) in [6, 6.07) is 0. The summed E-state index contributed by atoms with van der Waals surface area (Å²) in [6.45, 7) is 5.20. The van der Waals surface area contributed by atoms with Crippen LogP contribution in [0, 0.1) is 5.92 Å². The Hall–Kier alpha value is -1.10. The Balaban J connectivity index is 3.46. The Morgan fingerprint density at radius 2 is 1.08 bits per heavy atom. The molecule has 5 nitrogen and oxygen atoms in total. The number of aliphatic carboxylic acids is 1. The number of quaternary nitrogens is 1. The fourth-order valence-electron chi connectivity index (χ4n) is 5.13. The third-order valence-corrected chi connectivity index (χ3v) is 7.32. The van der Waals surface area contributed by atoms with Gasteiger partial charge in [0.15, 0.2) is 6.10 Å². The molecule has 2 atom stereocenters. The first-order chi connectivity index (χ1) is 17.6. The second-order valence-corrected chi connectivity index (χ2v) is 12.6. The zero-order valence-electron chi connectivity index (χ0n) is 25.5. The van der Waals surface area contributed by atoms with E-state index < -0.39 is 12.1 Å². The van der Waals surface area contributed by atoms with Crippen LogP contribution in [0.5, 0.6) is 0 Å². The summed E-state index contributed by atoms with van der Waals surface area (Å²) in [7, 11) is 5.86. The van der Waals surface area contributed by atoms with Gasteiger partial charge in [0.25, 0.3) is 0 Å². The molecule has 5 heteroatoms. The van der Waals surface area contributed by atoms with Crippen LogP contribution in [0.25, 0.3) is 0 Å². The normalized spacial score (nSPS) is 13.4. The number of rotatable bonds is 27. The van der Waals surface area contributed by atoms with Gasteiger partial charge in [0.2, 0.25) is 0 Å². The predicted molar refractivity (Wildman–Crippen MR) is 154 cm³/mol. The lowest BCUT2D eigenvalue weighted by Crippen LogP contribution is -2.45. The zero-order valence-corrected chi connectivity index (χ0v) is 25.5. The van der Waals surface area contributed by atoms with Crippen LogP contribution in [0.1, 0.15) is 155 Å². The van der Waals surface area contributed by atoms with E-state index >= 15 is 0 Å². The van der Waals surface area contributed by atoms with Gasteiger partial charge in [-0.1, -0.05) is 136 Å². The number of ether oxygens (including phenoxy) is 1. The highest BCUT2D eigenvalue weighted by Gasteiger charge is 2.22. The minimum absolute atomic E-state index is 0.236. The van der Waals surface area contributed by atoms with E-state index in [1.165, 1.54) is 109 Å². The maximum Gasteiger partial charge on any atom is 0.306 e. The Kier molecular flexibility index (Phi) is 23.3. The number of carboxylic acids is 1. The Morgan fingerprint density at radius 3 is 1.49 bits per heavy atom. The van der Waals surface area contributed by atoms with Gasteiger partial charge in [-0.2, -0.15) is 0 Å². The molecule has 0 N–H and O–H groups in total. The topological polar surface area (TPSA) is 66.4 Å². The highest BCUT2D eigenvalue weighted by atomic mass is 16.5. The minimum Gasteiger partial charge on any atom is -0.550 e. The lowest BCUT2D eigenvalue weighted by Gasteiger charge is -2.29. The van der Waals surface area contributed by atoms with Crippen molar-refractivity contribution in [3.63, 3.8) is 0 Å². The SMILES string of the molecule is CCCCCCC(C)CCCCCCCCCCCCCCCCC(=O)OC(CC(=O)[O-])C[N+](C)(C)C. The molecule has 0 aromatic carbocycles. The van der Waals surface area contributed by atoms with Crippen LogP contribution in [0.15, 0.2) is 0 Å². The van der Waals surface area contributed by atoms with Gasteiger partial charge in [-0.25, -0.2) is 0 Å². The van der Waals surface area contributed by atoms with Crippen molar-refractivity contribution in [2.75, 3.05) is 27.7 Å². The Labute approximate surface area is 230 Å². The maximum atomic E-state index is 12.1. The van der Waals surface area contributed by atoms with Crippen molar-refractivity contribution in [2.24, 2.45) is 5.92 Å². The summed E-state index contributed by atoms with van der Waals surface area (Å²) >= 11 is 0. The number of carbonyl (C=O) groups excluding carboxylic acids is 2. The lowest BCUT2D eigenvalue weighted by molar-refractivity contribution is -0.873. The zero-order chi connectivity index (χ0) is 27.8. The molecular formula is C32H63NO4. The summed E-state index contributed by atoms with van der Waals surface area (Å²) in [6.07, 6.45) is 26.1. The molecule has 0 aliphatic carbocycles. The highest BCUT2D eigenvalue weighted by molar-refractivity contribution is 5.70. The van der Waals surface area contributed by atoms with Crippen LogP contribution in [0.3, 0.4) is 0 Å². The summed E-state index contributed by atoms with van der Waals surface area (Å²) < 4.78 is 5.96. The van der Waals surface area contributed by atoms with Crippen molar-refractivity contribution < 1.29 is 23.9 Å². The molecule has 0 aliphatic heterocycles. The average Bonchev–Trinajstić information content (AvgIpc) is 2.80. The van der Waals surface area contributed by atoms with Gasteiger partial charge in [0, 0.05) is 18.8 Å². The molecule has 0 fully saturated rings. The van der Waals surface area contributed by atoms with Gasteiger partial charge in [0.1, 0.15) is 6.54 Å². The molecule has 0 heterocycles. The van der Waals surface area contributed by atoms with Crippen molar-refractivity contribution in [1.29, 1.82) is 0 Å². The van der Waals surface area contributed by atoms with E-state index in [0.29, 0.717) is 17.4 Å². The first-order valence-corrected chi connectivity index (χ1v) is 15.8. The number of esters is 1. The van der Waals surface area contributed by atoms with E-state index in [0.717, 1.165) is 25.2 Å². The van der Waals surface area contributed by atoms with E-state index in [1.54, 1.807) is 0 Å². The lowest BCUT2D eigenvalue weighted by atomic mass is 9.96.